The highest BCUT2D eigenvalue weighted by atomic mass is 79.9. The van der Waals surface area contributed by atoms with Gasteiger partial charge in [-0.3, -0.25) is 4.79 Å². The number of hydrogen-bond acceptors (Lipinski definition) is 3. The molecule has 2 rings (SSSR count). The number of nitrogens with zero attached hydrogens (tertiary/aromatic N) is 1. The lowest BCUT2D eigenvalue weighted by Gasteiger charge is -2.13. The summed E-state index contributed by atoms with van der Waals surface area (Å²) in [5.41, 5.74) is 7.01. The van der Waals surface area contributed by atoms with Crippen LogP contribution in [-0.4, -0.2) is 18.2 Å². The minimum atomic E-state index is -0.636. The van der Waals surface area contributed by atoms with E-state index in [1.54, 1.807) is 25.3 Å². The Hall–Kier alpha value is -2.14. The number of halogens is 1. The number of carbonyl (C=O) groups is 1. The minimum absolute atomic E-state index is 0.295. The maximum atomic E-state index is 12.1. The Morgan fingerprint density at radius 1 is 1.17 bits per heavy atom. The first-order valence-corrected chi connectivity index (χ1v) is 8.49. The highest BCUT2D eigenvalue weighted by Gasteiger charge is 2.13. The quantitative estimate of drug-likeness (QED) is 0.613. The van der Waals surface area contributed by atoms with Gasteiger partial charge in [-0.25, -0.2) is 5.43 Å². The molecule has 5 heteroatoms. The van der Waals surface area contributed by atoms with E-state index in [4.69, 9.17) is 4.74 Å². The molecular formula is C19H21BrN2O2. The lowest BCUT2D eigenvalue weighted by molar-refractivity contribution is -0.127. The predicted octanol–water partition coefficient (Wildman–Crippen LogP) is 4.29. The van der Waals surface area contributed by atoms with Gasteiger partial charge in [0.15, 0.2) is 6.10 Å². The number of rotatable bonds is 5. The monoisotopic (exact) mass is 388 g/mol. The van der Waals surface area contributed by atoms with E-state index in [1.165, 1.54) is 5.56 Å². The van der Waals surface area contributed by atoms with Gasteiger partial charge in [0.2, 0.25) is 0 Å². The van der Waals surface area contributed by atoms with E-state index >= 15 is 0 Å². The third-order valence-corrected chi connectivity index (χ3v) is 4.13. The summed E-state index contributed by atoms with van der Waals surface area (Å²) in [6.07, 6.45) is 1.04. The standard InChI is InChI=1S/C19H21BrN2O2/c1-12-9-13(2)18(14(3)10-12)11-21-22-19(23)15(4)24-17-7-5-16(20)6-8-17/h5-11,15H,1-4H3,(H,22,23)/t15-/m1/s1. The van der Waals surface area contributed by atoms with Crippen molar-refractivity contribution in [1.82, 2.24) is 5.43 Å². The number of amides is 1. The number of nitrogens with one attached hydrogen (secondary N) is 1. The summed E-state index contributed by atoms with van der Waals surface area (Å²) in [7, 11) is 0. The molecule has 2 aromatic carbocycles. The minimum Gasteiger partial charge on any atom is -0.481 e. The number of ether oxygens (including phenoxy) is 1. The molecule has 0 aliphatic heterocycles. The van der Waals surface area contributed by atoms with Gasteiger partial charge < -0.3 is 4.74 Å². The molecular weight excluding hydrogens is 368 g/mol. The molecule has 1 amide bonds. The molecule has 0 saturated carbocycles. The van der Waals surface area contributed by atoms with Gasteiger partial charge in [-0.05, 0) is 63.1 Å². The molecule has 4 nitrogen and oxygen atoms in total. The van der Waals surface area contributed by atoms with E-state index in [9.17, 15) is 4.79 Å². The molecule has 24 heavy (non-hydrogen) atoms. The van der Waals surface area contributed by atoms with Crippen molar-refractivity contribution in [3.05, 3.63) is 63.1 Å². The number of benzene rings is 2. The van der Waals surface area contributed by atoms with E-state index < -0.39 is 6.10 Å². The van der Waals surface area contributed by atoms with Crippen molar-refractivity contribution < 1.29 is 9.53 Å². The van der Waals surface area contributed by atoms with Crippen LogP contribution < -0.4 is 10.2 Å². The van der Waals surface area contributed by atoms with Crippen molar-refractivity contribution in [2.45, 2.75) is 33.8 Å². The Labute approximate surface area is 151 Å². The van der Waals surface area contributed by atoms with Crippen molar-refractivity contribution in [2.75, 3.05) is 0 Å². The lowest BCUT2D eigenvalue weighted by Crippen LogP contribution is -2.33. The molecule has 126 valence electrons. The Bertz CT molecular complexity index is 731. The summed E-state index contributed by atoms with van der Waals surface area (Å²) in [6, 6.07) is 11.5. The molecule has 0 aliphatic carbocycles. The summed E-state index contributed by atoms with van der Waals surface area (Å²) in [4.78, 5) is 12.1. The van der Waals surface area contributed by atoms with Crippen LogP contribution >= 0.6 is 15.9 Å². The lowest BCUT2D eigenvalue weighted by atomic mass is 10.0. The van der Waals surface area contributed by atoms with Crippen LogP contribution in [-0.2, 0) is 4.79 Å². The molecule has 0 aromatic heterocycles. The summed E-state index contributed by atoms with van der Waals surface area (Å²) >= 11 is 3.36. The average Bonchev–Trinajstić information content (AvgIpc) is 2.51. The molecule has 2 aromatic rings. The van der Waals surface area contributed by atoms with Crippen molar-refractivity contribution >= 4 is 28.1 Å². The van der Waals surface area contributed by atoms with Gasteiger partial charge in [-0.15, -0.1) is 0 Å². The van der Waals surface area contributed by atoms with Gasteiger partial charge in [-0.1, -0.05) is 33.6 Å². The van der Waals surface area contributed by atoms with Gasteiger partial charge in [0.05, 0.1) is 6.21 Å². The van der Waals surface area contributed by atoms with Crippen molar-refractivity contribution in [1.29, 1.82) is 0 Å². The first-order valence-electron chi connectivity index (χ1n) is 7.70. The molecule has 1 atom stereocenters. The van der Waals surface area contributed by atoms with E-state index in [1.807, 2.05) is 26.0 Å². The SMILES string of the molecule is Cc1cc(C)c(C=NNC(=O)[C@@H](C)Oc2ccc(Br)cc2)c(C)c1. The van der Waals surface area contributed by atoms with Gasteiger partial charge in [0.1, 0.15) is 5.75 Å². The van der Waals surface area contributed by atoms with Crippen LogP contribution in [0, 0.1) is 20.8 Å². The smallest absolute Gasteiger partial charge is 0.280 e. The van der Waals surface area contributed by atoms with Crippen LogP contribution in [0.1, 0.15) is 29.2 Å². The fraction of sp³-hybridized carbons (Fsp3) is 0.263. The molecule has 0 saturated heterocycles. The van der Waals surface area contributed by atoms with Crippen LogP contribution in [0.4, 0.5) is 0 Å². The maximum Gasteiger partial charge on any atom is 0.280 e. The van der Waals surface area contributed by atoms with Gasteiger partial charge >= 0.3 is 0 Å². The first-order chi connectivity index (χ1) is 11.4. The number of carbonyl (C=O) groups excluding carboxylic acids is 1. The van der Waals surface area contributed by atoms with Crippen LogP contribution in [0.25, 0.3) is 0 Å². The number of hydrazone groups is 1. The molecule has 0 bridgehead atoms. The highest BCUT2D eigenvalue weighted by Crippen LogP contribution is 2.17. The Balaban J connectivity index is 1.96. The topological polar surface area (TPSA) is 50.7 Å². The van der Waals surface area contributed by atoms with Gasteiger partial charge in [0, 0.05) is 10.0 Å². The van der Waals surface area contributed by atoms with Crippen LogP contribution in [0.3, 0.4) is 0 Å². The summed E-state index contributed by atoms with van der Waals surface area (Å²) < 4.78 is 6.55. The van der Waals surface area contributed by atoms with E-state index in [-0.39, 0.29) is 5.91 Å². The Morgan fingerprint density at radius 3 is 2.33 bits per heavy atom. The first kappa shape index (κ1) is 18.2. The molecule has 0 radical (unpaired) electrons. The predicted molar refractivity (Wildman–Crippen MR) is 101 cm³/mol. The average molecular weight is 389 g/mol. The second kappa shape index (κ2) is 8.11. The number of hydrogen-bond donors (Lipinski definition) is 1. The van der Waals surface area contributed by atoms with Crippen molar-refractivity contribution in [3.8, 4) is 5.75 Å². The Morgan fingerprint density at radius 2 is 1.75 bits per heavy atom. The van der Waals surface area contributed by atoms with Crippen LogP contribution in [0.2, 0.25) is 0 Å². The summed E-state index contributed by atoms with van der Waals surface area (Å²) in [5, 5.41) is 4.06. The second-order valence-electron chi connectivity index (χ2n) is 5.76. The van der Waals surface area contributed by atoms with Crippen LogP contribution in [0.15, 0.2) is 46.0 Å². The van der Waals surface area contributed by atoms with Crippen LogP contribution in [0.5, 0.6) is 5.75 Å². The summed E-state index contributed by atoms with van der Waals surface area (Å²) in [6.45, 7) is 7.81. The zero-order valence-electron chi connectivity index (χ0n) is 14.3. The fourth-order valence-corrected chi connectivity index (χ4v) is 2.68. The zero-order valence-corrected chi connectivity index (χ0v) is 15.8. The molecule has 0 fully saturated rings. The molecule has 0 spiro atoms. The molecule has 0 unspecified atom stereocenters. The van der Waals surface area contributed by atoms with E-state index in [0.29, 0.717) is 5.75 Å². The highest BCUT2D eigenvalue weighted by molar-refractivity contribution is 9.10. The fourth-order valence-electron chi connectivity index (χ4n) is 2.42. The maximum absolute atomic E-state index is 12.1. The summed E-state index contributed by atoms with van der Waals surface area (Å²) in [5.74, 6) is 0.339. The zero-order chi connectivity index (χ0) is 17.7. The second-order valence-corrected chi connectivity index (χ2v) is 6.68. The Kier molecular flexibility index (Phi) is 6.15. The van der Waals surface area contributed by atoms with Crippen molar-refractivity contribution in [2.24, 2.45) is 5.10 Å². The third kappa shape index (κ3) is 4.93. The molecule has 0 aliphatic rings. The van der Waals surface area contributed by atoms with Gasteiger partial charge in [0.25, 0.3) is 5.91 Å². The molecule has 1 N–H and O–H groups in total. The molecule has 0 heterocycles. The van der Waals surface area contributed by atoms with E-state index in [2.05, 4.69) is 45.5 Å². The largest absolute Gasteiger partial charge is 0.481 e. The van der Waals surface area contributed by atoms with Crippen molar-refractivity contribution in [3.63, 3.8) is 0 Å². The third-order valence-electron chi connectivity index (χ3n) is 3.60. The van der Waals surface area contributed by atoms with Gasteiger partial charge in [-0.2, -0.15) is 5.10 Å². The number of aryl methyl sites for hydroxylation is 3. The normalized spacial score (nSPS) is 12.2. The van der Waals surface area contributed by atoms with E-state index in [0.717, 1.165) is 21.2 Å².